The minimum Gasteiger partial charge on any atom is -0.310 e. The lowest BCUT2D eigenvalue weighted by molar-refractivity contribution is 0.768. The number of fused-ring (bicyclic) bond motifs is 11. The molecule has 11 aromatic rings. The van der Waals surface area contributed by atoms with Gasteiger partial charge in [-0.3, -0.25) is 0 Å². The molecule has 0 aromatic heterocycles. The molecule has 2 aliphatic carbocycles. The standard InChI is InChI=1S/C67H45N/c1-4-18-46(19-5-1)47-32-34-48(35-33-47)49-36-38-52(39-37-49)68(53-40-42-61-59-28-13-12-26-57(59)55-24-10-11-25-56(55)58-27-14-15-29-60(58)63(61)44-53)54-41-43-66-64(45-54)62-30-16-17-31-65(62)67(66,50-20-6-2-7-21-50)51-22-8-3-9-23-51/h1-45H. The summed E-state index contributed by atoms with van der Waals surface area (Å²) in [6, 6.07) is 101. The Hall–Kier alpha value is -8.78. The fraction of sp³-hybridized carbons (Fsp3) is 0.0149. The molecular formula is C67H45N. The predicted octanol–water partition coefficient (Wildman–Crippen LogP) is 17.8. The first-order valence-corrected chi connectivity index (χ1v) is 23.6. The van der Waals surface area contributed by atoms with E-state index < -0.39 is 5.41 Å². The van der Waals surface area contributed by atoms with Gasteiger partial charge in [0.05, 0.1) is 5.41 Å². The molecule has 0 N–H and O–H groups in total. The zero-order valence-electron chi connectivity index (χ0n) is 37.4. The van der Waals surface area contributed by atoms with E-state index in [0.29, 0.717) is 0 Å². The van der Waals surface area contributed by atoms with Crippen LogP contribution >= 0.6 is 0 Å². The summed E-state index contributed by atoms with van der Waals surface area (Å²) < 4.78 is 0. The molecule has 0 unspecified atom stereocenters. The first-order chi connectivity index (χ1) is 33.7. The highest BCUT2D eigenvalue weighted by Crippen LogP contribution is 2.57. The fourth-order valence-electron chi connectivity index (χ4n) is 11.3. The Bertz CT molecular complexity index is 3600. The number of anilines is 3. The maximum atomic E-state index is 2.46. The molecule has 0 radical (unpaired) electrons. The van der Waals surface area contributed by atoms with Gasteiger partial charge in [0.1, 0.15) is 0 Å². The van der Waals surface area contributed by atoms with Crippen molar-refractivity contribution < 1.29 is 0 Å². The first kappa shape index (κ1) is 39.6. The quantitative estimate of drug-likeness (QED) is 0.154. The normalized spacial score (nSPS) is 12.5. The maximum absolute atomic E-state index is 2.46. The van der Waals surface area contributed by atoms with Gasteiger partial charge in [0, 0.05) is 17.1 Å². The van der Waals surface area contributed by atoms with Crippen molar-refractivity contribution in [1.82, 2.24) is 0 Å². The third kappa shape index (κ3) is 6.32. The second-order valence-electron chi connectivity index (χ2n) is 17.9. The lowest BCUT2D eigenvalue weighted by atomic mass is 9.68. The second kappa shape index (κ2) is 16.3. The number of nitrogens with zero attached hydrogens (tertiary/aromatic N) is 1. The second-order valence-corrected chi connectivity index (χ2v) is 17.9. The third-order valence-corrected chi connectivity index (χ3v) is 14.4. The van der Waals surface area contributed by atoms with Crippen LogP contribution in [0.15, 0.2) is 273 Å². The molecule has 0 aliphatic heterocycles. The van der Waals surface area contributed by atoms with Crippen molar-refractivity contribution in [3.05, 3.63) is 295 Å². The van der Waals surface area contributed by atoms with Gasteiger partial charge in [-0.1, -0.05) is 237 Å². The Morgan fingerprint density at radius 1 is 0.206 bits per heavy atom. The zero-order valence-corrected chi connectivity index (χ0v) is 37.4. The topological polar surface area (TPSA) is 3.24 Å². The van der Waals surface area contributed by atoms with E-state index in [0.717, 1.165) is 17.1 Å². The van der Waals surface area contributed by atoms with Gasteiger partial charge in [0.15, 0.2) is 0 Å². The zero-order chi connectivity index (χ0) is 45.0. The van der Waals surface area contributed by atoms with Gasteiger partial charge in [-0.2, -0.15) is 0 Å². The van der Waals surface area contributed by atoms with E-state index in [9.17, 15) is 0 Å². The van der Waals surface area contributed by atoms with Gasteiger partial charge in [-0.25, -0.2) is 0 Å². The Labute approximate surface area is 398 Å². The molecule has 11 aromatic carbocycles. The van der Waals surface area contributed by atoms with Gasteiger partial charge in [-0.15, -0.1) is 0 Å². The van der Waals surface area contributed by atoms with Gasteiger partial charge >= 0.3 is 0 Å². The van der Waals surface area contributed by atoms with Crippen LogP contribution in [0, 0.1) is 0 Å². The van der Waals surface area contributed by atoms with Crippen molar-refractivity contribution in [3.63, 3.8) is 0 Å². The van der Waals surface area contributed by atoms with Crippen molar-refractivity contribution in [3.8, 4) is 77.9 Å². The monoisotopic (exact) mass is 863 g/mol. The summed E-state index contributed by atoms with van der Waals surface area (Å²) in [6.45, 7) is 0. The van der Waals surface area contributed by atoms with Crippen molar-refractivity contribution >= 4 is 17.1 Å². The van der Waals surface area contributed by atoms with E-state index in [-0.39, 0.29) is 0 Å². The Balaban J connectivity index is 1.01. The Morgan fingerprint density at radius 2 is 0.529 bits per heavy atom. The van der Waals surface area contributed by atoms with Gasteiger partial charge in [0.2, 0.25) is 0 Å². The maximum Gasteiger partial charge on any atom is 0.0713 e. The van der Waals surface area contributed by atoms with Gasteiger partial charge < -0.3 is 4.90 Å². The molecule has 0 bridgehead atoms. The molecule has 0 saturated carbocycles. The van der Waals surface area contributed by atoms with Gasteiger partial charge in [0.25, 0.3) is 0 Å². The van der Waals surface area contributed by atoms with Crippen LogP contribution in [0.2, 0.25) is 0 Å². The van der Waals surface area contributed by atoms with E-state index in [1.807, 2.05) is 0 Å². The van der Waals surface area contributed by atoms with Crippen molar-refractivity contribution in [2.24, 2.45) is 0 Å². The highest BCUT2D eigenvalue weighted by molar-refractivity contribution is 6.04. The lowest BCUT2D eigenvalue weighted by Crippen LogP contribution is -2.28. The van der Waals surface area contributed by atoms with Crippen molar-refractivity contribution in [2.45, 2.75) is 5.41 Å². The summed E-state index contributed by atoms with van der Waals surface area (Å²) in [5, 5.41) is 0. The summed E-state index contributed by atoms with van der Waals surface area (Å²) in [5.41, 5.74) is 25.1. The number of hydrogen-bond acceptors (Lipinski definition) is 1. The molecule has 0 spiro atoms. The fourth-order valence-corrected chi connectivity index (χ4v) is 11.3. The molecule has 13 rings (SSSR count). The molecule has 0 saturated heterocycles. The molecule has 68 heavy (non-hydrogen) atoms. The van der Waals surface area contributed by atoms with Crippen molar-refractivity contribution in [2.75, 3.05) is 4.90 Å². The molecular weight excluding hydrogens is 819 g/mol. The van der Waals surface area contributed by atoms with Crippen LogP contribution in [0.4, 0.5) is 17.1 Å². The number of hydrogen-bond donors (Lipinski definition) is 0. The average molecular weight is 864 g/mol. The minimum absolute atomic E-state index is 0.481. The molecule has 2 aliphatic rings. The largest absolute Gasteiger partial charge is 0.310 e. The van der Waals surface area contributed by atoms with E-state index in [1.165, 1.54) is 100 Å². The summed E-state index contributed by atoms with van der Waals surface area (Å²) in [5.74, 6) is 0. The number of benzene rings is 11. The van der Waals surface area contributed by atoms with E-state index in [4.69, 9.17) is 0 Å². The van der Waals surface area contributed by atoms with Crippen LogP contribution in [0.25, 0.3) is 77.9 Å². The van der Waals surface area contributed by atoms with E-state index in [2.05, 4.69) is 278 Å². The highest BCUT2D eigenvalue weighted by atomic mass is 15.1. The molecule has 0 heterocycles. The molecule has 1 heteroatoms. The smallest absolute Gasteiger partial charge is 0.0713 e. The average Bonchev–Trinajstić information content (AvgIpc) is 3.72. The van der Waals surface area contributed by atoms with Crippen LogP contribution < -0.4 is 4.90 Å². The van der Waals surface area contributed by atoms with Crippen LogP contribution in [0.3, 0.4) is 0 Å². The SMILES string of the molecule is c1ccc(-c2ccc(-c3ccc(N(c4ccc5c(c4)-c4ccccc4-c4ccccc4-c4ccccc4-5)c4ccc5c(c4)-c4ccccc4C5(c4ccccc4)c4ccccc4)cc3)cc2)cc1. The van der Waals surface area contributed by atoms with Gasteiger partial charge in [-0.05, 0) is 137 Å². The first-order valence-electron chi connectivity index (χ1n) is 23.6. The molecule has 0 fully saturated rings. The van der Waals surface area contributed by atoms with Crippen LogP contribution in [0.1, 0.15) is 22.3 Å². The summed E-state index contributed by atoms with van der Waals surface area (Å²) in [6.07, 6.45) is 0. The van der Waals surface area contributed by atoms with Crippen LogP contribution in [0.5, 0.6) is 0 Å². The van der Waals surface area contributed by atoms with E-state index in [1.54, 1.807) is 0 Å². The van der Waals surface area contributed by atoms with Crippen LogP contribution in [-0.4, -0.2) is 0 Å². The summed E-state index contributed by atoms with van der Waals surface area (Å²) >= 11 is 0. The molecule has 0 amide bonds. The predicted molar refractivity (Wildman–Crippen MR) is 285 cm³/mol. The highest BCUT2D eigenvalue weighted by Gasteiger charge is 2.46. The molecule has 1 nitrogen and oxygen atoms in total. The lowest BCUT2D eigenvalue weighted by Gasteiger charge is -2.34. The van der Waals surface area contributed by atoms with E-state index >= 15 is 0 Å². The summed E-state index contributed by atoms with van der Waals surface area (Å²) in [7, 11) is 0. The number of rotatable bonds is 7. The molecule has 318 valence electrons. The summed E-state index contributed by atoms with van der Waals surface area (Å²) in [4.78, 5) is 2.46. The third-order valence-electron chi connectivity index (χ3n) is 14.4. The minimum atomic E-state index is -0.481. The molecule has 0 atom stereocenters. The van der Waals surface area contributed by atoms with Crippen LogP contribution in [-0.2, 0) is 5.41 Å². The van der Waals surface area contributed by atoms with Crippen molar-refractivity contribution in [1.29, 1.82) is 0 Å². The Morgan fingerprint density at radius 3 is 1.03 bits per heavy atom. The Kier molecular flexibility index (Phi) is 9.47.